The summed E-state index contributed by atoms with van der Waals surface area (Å²) < 4.78 is 24.7. The highest BCUT2D eigenvalue weighted by Crippen LogP contribution is 2.27. The van der Waals surface area contributed by atoms with E-state index in [0.717, 1.165) is 0 Å². The Kier molecular flexibility index (Phi) is 4.29. The summed E-state index contributed by atoms with van der Waals surface area (Å²) in [6.07, 6.45) is -2.73. The second-order valence-corrected chi connectivity index (χ2v) is 4.17. The van der Waals surface area contributed by atoms with E-state index in [-0.39, 0.29) is 6.42 Å². The van der Waals surface area contributed by atoms with Gasteiger partial charge in [-0.25, -0.2) is 8.78 Å². The molecule has 0 aliphatic heterocycles. The zero-order chi connectivity index (χ0) is 10.7. The summed E-state index contributed by atoms with van der Waals surface area (Å²) in [6.45, 7) is 0. The highest BCUT2D eigenvalue weighted by molar-refractivity contribution is 9.10. The first-order valence-corrected chi connectivity index (χ1v) is 5.16. The Balaban J connectivity index is 2.80. The molecule has 2 N–H and O–H groups in total. The molecule has 0 amide bonds. The van der Waals surface area contributed by atoms with Gasteiger partial charge in [0.15, 0.2) is 0 Å². The third-order valence-electron chi connectivity index (χ3n) is 1.80. The van der Waals surface area contributed by atoms with Gasteiger partial charge in [0, 0.05) is 16.9 Å². The molecule has 5 heteroatoms. The Hall–Kier alpha value is -0.190. The predicted molar refractivity (Wildman–Crippen MR) is 56.7 cm³/mol. The van der Waals surface area contributed by atoms with Gasteiger partial charge in [0.25, 0.3) is 0 Å². The molecule has 1 aromatic rings. The normalized spacial score (nSPS) is 13.3. The lowest BCUT2D eigenvalue weighted by molar-refractivity contribution is 0.128. The van der Waals surface area contributed by atoms with Crippen LogP contribution in [0.5, 0.6) is 0 Å². The van der Waals surface area contributed by atoms with Crippen LogP contribution in [0.25, 0.3) is 0 Å². The van der Waals surface area contributed by atoms with Crippen molar-refractivity contribution in [1.29, 1.82) is 0 Å². The molecule has 78 valence electrons. The molecule has 0 aromatic heterocycles. The Labute approximate surface area is 94.4 Å². The van der Waals surface area contributed by atoms with Crippen LogP contribution in [0.3, 0.4) is 0 Å². The molecule has 1 aromatic carbocycles. The number of hydrogen-bond donors (Lipinski definition) is 1. The molecule has 0 spiro atoms. The molecule has 0 bridgehead atoms. The van der Waals surface area contributed by atoms with Crippen molar-refractivity contribution in [3.8, 4) is 0 Å². The fourth-order valence-corrected chi connectivity index (χ4v) is 1.59. The molecule has 0 unspecified atom stereocenters. The van der Waals surface area contributed by atoms with E-state index < -0.39 is 12.5 Å². The summed E-state index contributed by atoms with van der Waals surface area (Å²) in [6, 6.07) is 4.30. The fourth-order valence-electron chi connectivity index (χ4n) is 1.07. The second-order valence-electron chi connectivity index (χ2n) is 2.91. The molecule has 0 fully saturated rings. The van der Waals surface area contributed by atoms with Gasteiger partial charge in [-0.2, -0.15) is 0 Å². The fraction of sp³-hybridized carbons (Fsp3) is 0.333. The Morgan fingerprint density at radius 2 is 2.07 bits per heavy atom. The second kappa shape index (κ2) is 5.05. The third kappa shape index (κ3) is 3.19. The SMILES string of the molecule is N[C@H](CC(F)F)c1ccc(Cl)c(Br)c1. The van der Waals surface area contributed by atoms with Gasteiger partial charge in [0.05, 0.1) is 5.02 Å². The first kappa shape index (κ1) is 11.9. The smallest absolute Gasteiger partial charge is 0.240 e. The zero-order valence-corrected chi connectivity index (χ0v) is 9.52. The molecule has 1 atom stereocenters. The number of benzene rings is 1. The molecule has 0 aliphatic carbocycles. The van der Waals surface area contributed by atoms with Crippen LogP contribution in [0.1, 0.15) is 18.0 Å². The molecular formula is C9H9BrClF2N. The van der Waals surface area contributed by atoms with Gasteiger partial charge in [-0.1, -0.05) is 17.7 Å². The van der Waals surface area contributed by atoms with Gasteiger partial charge < -0.3 is 5.73 Å². The molecular weight excluding hydrogens is 275 g/mol. The van der Waals surface area contributed by atoms with Crippen molar-refractivity contribution < 1.29 is 8.78 Å². The van der Waals surface area contributed by atoms with Crippen LogP contribution in [0.15, 0.2) is 22.7 Å². The summed E-state index contributed by atoms with van der Waals surface area (Å²) in [7, 11) is 0. The van der Waals surface area contributed by atoms with Crippen LogP contribution in [0.4, 0.5) is 8.78 Å². The largest absolute Gasteiger partial charge is 0.324 e. The lowest BCUT2D eigenvalue weighted by Crippen LogP contribution is -2.13. The topological polar surface area (TPSA) is 26.0 Å². The highest BCUT2D eigenvalue weighted by atomic mass is 79.9. The first-order valence-electron chi connectivity index (χ1n) is 3.99. The van der Waals surface area contributed by atoms with Crippen molar-refractivity contribution in [3.63, 3.8) is 0 Å². The molecule has 0 heterocycles. The molecule has 14 heavy (non-hydrogen) atoms. The van der Waals surface area contributed by atoms with E-state index in [1.165, 1.54) is 0 Å². The monoisotopic (exact) mass is 283 g/mol. The highest BCUT2D eigenvalue weighted by Gasteiger charge is 2.13. The average molecular weight is 285 g/mol. The molecule has 1 rings (SSSR count). The maximum Gasteiger partial charge on any atom is 0.240 e. The van der Waals surface area contributed by atoms with E-state index in [9.17, 15) is 8.78 Å². The molecule has 0 aliphatic rings. The van der Waals surface area contributed by atoms with E-state index in [2.05, 4.69) is 15.9 Å². The summed E-state index contributed by atoms with van der Waals surface area (Å²) in [5.74, 6) is 0. The van der Waals surface area contributed by atoms with Crippen LogP contribution in [0, 0.1) is 0 Å². The van der Waals surface area contributed by atoms with E-state index in [1.54, 1.807) is 18.2 Å². The van der Waals surface area contributed by atoms with E-state index in [4.69, 9.17) is 17.3 Å². The maximum atomic E-state index is 12.0. The van der Waals surface area contributed by atoms with Crippen LogP contribution < -0.4 is 5.73 Å². The average Bonchev–Trinajstić information content (AvgIpc) is 2.08. The molecule has 0 saturated carbocycles. The van der Waals surface area contributed by atoms with E-state index in [1.807, 2.05) is 0 Å². The van der Waals surface area contributed by atoms with Crippen molar-refractivity contribution in [3.05, 3.63) is 33.3 Å². The minimum absolute atomic E-state index is 0.339. The lowest BCUT2D eigenvalue weighted by atomic mass is 10.1. The summed E-state index contributed by atoms with van der Waals surface area (Å²) in [4.78, 5) is 0. The standard InChI is InChI=1S/C9H9BrClF2N/c10-6-3-5(1-2-7(6)11)8(14)4-9(12)13/h1-3,8-9H,4,14H2/t8-/m1/s1. The summed E-state index contributed by atoms with van der Waals surface area (Å²) in [5, 5.41) is 0.540. The van der Waals surface area contributed by atoms with Gasteiger partial charge >= 0.3 is 0 Å². The minimum Gasteiger partial charge on any atom is -0.324 e. The number of halogens is 4. The van der Waals surface area contributed by atoms with Crippen molar-refractivity contribution >= 4 is 27.5 Å². The van der Waals surface area contributed by atoms with Crippen LogP contribution in [0.2, 0.25) is 5.02 Å². The first-order chi connectivity index (χ1) is 6.50. The van der Waals surface area contributed by atoms with Gasteiger partial charge in [0.1, 0.15) is 0 Å². The van der Waals surface area contributed by atoms with Crippen LogP contribution >= 0.6 is 27.5 Å². The van der Waals surface area contributed by atoms with Gasteiger partial charge in [-0.15, -0.1) is 0 Å². The Morgan fingerprint density at radius 3 is 2.57 bits per heavy atom. The van der Waals surface area contributed by atoms with Crippen LogP contribution in [-0.2, 0) is 0 Å². The quantitative estimate of drug-likeness (QED) is 0.898. The van der Waals surface area contributed by atoms with Crippen molar-refractivity contribution in [2.75, 3.05) is 0 Å². The molecule has 0 saturated heterocycles. The van der Waals surface area contributed by atoms with Crippen LogP contribution in [-0.4, -0.2) is 6.43 Å². The Morgan fingerprint density at radius 1 is 1.43 bits per heavy atom. The minimum atomic E-state index is -2.39. The number of alkyl halides is 2. The van der Waals surface area contributed by atoms with Gasteiger partial charge in [-0.05, 0) is 33.6 Å². The molecule has 1 nitrogen and oxygen atoms in total. The Bertz CT molecular complexity index is 320. The molecule has 0 radical (unpaired) electrons. The number of nitrogens with two attached hydrogens (primary N) is 1. The predicted octanol–water partition coefficient (Wildman–Crippen LogP) is 3.76. The third-order valence-corrected chi connectivity index (χ3v) is 3.02. The number of rotatable bonds is 3. The zero-order valence-electron chi connectivity index (χ0n) is 7.18. The number of hydrogen-bond acceptors (Lipinski definition) is 1. The van der Waals surface area contributed by atoms with E-state index >= 15 is 0 Å². The van der Waals surface area contributed by atoms with Crippen molar-refractivity contribution in [2.45, 2.75) is 18.9 Å². The van der Waals surface area contributed by atoms with Crippen molar-refractivity contribution in [1.82, 2.24) is 0 Å². The lowest BCUT2D eigenvalue weighted by Gasteiger charge is -2.11. The van der Waals surface area contributed by atoms with Gasteiger partial charge in [-0.3, -0.25) is 0 Å². The van der Waals surface area contributed by atoms with Gasteiger partial charge in [0.2, 0.25) is 6.43 Å². The van der Waals surface area contributed by atoms with E-state index in [0.29, 0.717) is 15.1 Å². The summed E-state index contributed by atoms with van der Waals surface area (Å²) >= 11 is 8.96. The van der Waals surface area contributed by atoms with Crippen molar-refractivity contribution in [2.24, 2.45) is 5.73 Å². The maximum absolute atomic E-state index is 12.0. The summed E-state index contributed by atoms with van der Waals surface area (Å²) in [5.41, 5.74) is 6.23.